The Morgan fingerprint density at radius 3 is 2.45 bits per heavy atom. The number of halogens is 1. The summed E-state index contributed by atoms with van der Waals surface area (Å²) in [6.07, 6.45) is 6.31. The number of rotatable bonds is 19. The highest BCUT2D eigenvalue weighted by Crippen LogP contribution is 2.55. The number of aromatic amines is 1. The third-order valence-electron chi connectivity index (χ3n) is 13.6. The lowest BCUT2D eigenvalue weighted by atomic mass is 9.89. The number of aliphatic imine (C=N–C) groups is 1. The van der Waals surface area contributed by atoms with Crippen molar-refractivity contribution in [2.45, 2.75) is 83.1 Å². The molecule has 1 amide bonds. The molecule has 7 N–H and O–H groups in total. The number of likely N-dealkylation sites (tertiary alicyclic amines) is 1. The van der Waals surface area contributed by atoms with Crippen LogP contribution < -0.4 is 16.9 Å². The number of carbonyl (C=O) groups excluding carboxylic acids is 1. The number of nitroso groups, excluding NO2 is 1. The molecule has 17 heteroatoms. The topological polar surface area (TPSA) is 230 Å². The highest BCUT2D eigenvalue weighted by molar-refractivity contribution is 8.13. The van der Waals surface area contributed by atoms with E-state index in [4.69, 9.17) is 44.7 Å². The van der Waals surface area contributed by atoms with Crippen LogP contribution in [0.15, 0.2) is 114 Å². The summed E-state index contributed by atoms with van der Waals surface area (Å²) >= 11 is 14.3. The van der Waals surface area contributed by atoms with Crippen LogP contribution in [0, 0.1) is 23.7 Å². The molecular formula is C54H54ClN7O7S2. The van der Waals surface area contributed by atoms with Gasteiger partial charge in [0.25, 0.3) is 0 Å². The standard InChI is InChI=1S/C54H54ClN7O7S2/c1-6-9-45(61-68)33(10-8-11-36(70)21-31-12-17-38(41(22-31)52(64)65)49-39-18-14-34(60-67)24-46(39)69-47-25-35(63)15-19-40(47)49)23-32-13-16-37(20-28(32)3)71-30(5)58-51-48(50(55)44(7-2)59-51)29(4)62-26-42-43(27-62)54(42,57)53(56)66/h12-20,22-25,42-43,59,68H,4,6-11,21,26-27,57H2,1-3,5H3,(H2,56,66)(H,64,65). The molecule has 2 unspecified atom stereocenters. The number of carboxylic acid groups (broad SMARTS) is 1. The maximum absolute atomic E-state index is 12.9. The van der Waals surface area contributed by atoms with Crippen molar-refractivity contribution in [1.82, 2.24) is 9.88 Å². The van der Waals surface area contributed by atoms with Crippen LogP contribution >= 0.6 is 35.6 Å². The van der Waals surface area contributed by atoms with E-state index in [0.29, 0.717) is 90.2 Å². The lowest BCUT2D eigenvalue weighted by molar-refractivity contribution is -0.121. The average Bonchev–Trinajstić information content (AvgIpc) is 3.58. The third kappa shape index (κ3) is 10.2. The number of hydrogen-bond acceptors (Lipinski definition) is 13. The van der Waals surface area contributed by atoms with E-state index in [1.54, 1.807) is 24.3 Å². The van der Waals surface area contributed by atoms with Gasteiger partial charge >= 0.3 is 5.97 Å². The summed E-state index contributed by atoms with van der Waals surface area (Å²) in [5.41, 5.74) is 19.2. The highest BCUT2D eigenvalue weighted by atomic mass is 35.5. The molecule has 14 nitrogen and oxygen atoms in total. The Balaban J connectivity index is 0.956. The number of aromatic nitrogens is 1. The quantitative estimate of drug-likeness (QED) is 0.00749. The molecular weight excluding hydrogens is 958 g/mol. The lowest BCUT2D eigenvalue weighted by Gasteiger charge is -2.26. The van der Waals surface area contributed by atoms with Crippen molar-refractivity contribution < 1.29 is 24.3 Å². The van der Waals surface area contributed by atoms with Gasteiger partial charge in [-0.15, -0.1) is 4.91 Å². The number of nitrogens with one attached hydrogen (secondary N) is 1. The number of allylic oxidation sites excluding steroid dienone is 1. The minimum absolute atomic E-state index is 0.0192. The summed E-state index contributed by atoms with van der Waals surface area (Å²) in [5.74, 6) is -0.779. The number of thiocarbonyl (C=S) groups is 1. The highest BCUT2D eigenvalue weighted by Gasteiger charge is 2.70. The lowest BCUT2D eigenvalue weighted by Crippen LogP contribution is -2.47. The van der Waals surface area contributed by atoms with E-state index in [9.17, 15) is 29.6 Å². The number of fused-ring (bicyclic) bond motifs is 3. The SMILES string of the molecule is C=C(c1c(N=C(C)Sc2ccc(C=C(CCCC(=S)Cc3ccc(-c4c5ccc(=O)cc-5oc5cc(N=O)ccc45)c(C(=O)O)c3)C(CCC)=NO)c(C)c2)[nH]c(CC)c1Cl)N1CC2C(C1)C2(N)C(N)=O. The number of piperidine rings is 1. The fourth-order valence-electron chi connectivity index (χ4n) is 9.84. The van der Waals surface area contributed by atoms with Gasteiger partial charge in [0.15, 0.2) is 5.43 Å². The molecule has 2 fully saturated rings. The van der Waals surface area contributed by atoms with Crippen molar-refractivity contribution in [3.8, 4) is 22.5 Å². The first kappa shape index (κ1) is 50.7. The maximum atomic E-state index is 12.9. The van der Waals surface area contributed by atoms with E-state index in [-0.39, 0.29) is 39.9 Å². The molecule has 2 aliphatic carbocycles. The van der Waals surface area contributed by atoms with Crippen LogP contribution in [0.5, 0.6) is 0 Å². The predicted octanol–water partition coefficient (Wildman–Crippen LogP) is 11.9. The van der Waals surface area contributed by atoms with Crippen molar-refractivity contribution >= 4 is 97.3 Å². The Morgan fingerprint density at radius 2 is 1.79 bits per heavy atom. The number of H-pyrrole nitrogens is 1. The molecule has 2 aliphatic heterocycles. The number of nitrogens with zero attached hydrogens (tertiary/aromatic N) is 4. The predicted molar refractivity (Wildman–Crippen MR) is 288 cm³/mol. The Kier molecular flexibility index (Phi) is 14.9. The summed E-state index contributed by atoms with van der Waals surface area (Å²) < 4.78 is 6.00. The molecule has 1 saturated heterocycles. The van der Waals surface area contributed by atoms with E-state index < -0.39 is 17.4 Å². The van der Waals surface area contributed by atoms with Crippen LogP contribution in [-0.4, -0.2) is 66.3 Å². The van der Waals surface area contributed by atoms with Crippen LogP contribution in [0.1, 0.15) is 91.2 Å². The monoisotopic (exact) mass is 1010 g/mol. The molecule has 3 aromatic carbocycles. The minimum atomic E-state index is -1.14. The van der Waals surface area contributed by atoms with Gasteiger partial charge in [0, 0.05) is 76.3 Å². The molecule has 0 spiro atoms. The molecule has 0 bridgehead atoms. The Morgan fingerprint density at radius 1 is 1.04 bits per heavy atom. The van der Waals surface area contributed by atoms with Crippen molar-refractivity contribution in [2.24, 2.45) is 38.6 Å². The van der Waals surface area contributed by atoms with Crippen LogP contribution in [0.2, 0.25) is 5.02 Å². The number of primary amides is 1. The number of amides is 1. The van der Waals surface area contributed by atoms with Crippen molar-refractivity contribution in [3.05, 3.63) is 139 Å². The fourth-order valence-corrected chi connectivity index (χ4v) is 11.4. The normalized spacial score (nSPS) is 18.0. The van der Waals surface area contributed by atoms with Gasteiger partial charge in [-0.1, -0.05) is 85.8 Å². The summed E-state index contributed by atoms with van der Waals surface area (Å²) in [7, 11) is 0. The molecule has 3 heterocycles. The number of carbonyl (C=O) groups is 2. The van der Waals surface area contributed by atoms with Gasteiger partial charge in [-0.25, -0.2) is 9.79 Å². The van der Waals surface area contributed by atoms with Gasteiger partial charge in [0.05, 0.1) is 26.9 Å². The molecule has 2 atom stereocenters. The fraction of sp³-hybridized carbons (Fsp3) is 0.296. The minimum Gasteiger partial charge on any atom is -0.478 e. The molecule has 1 saturated carbocycles. The van der Waals surface area contributed by atoms with E-state index >= 15 is 0 Å². The zero-order valence-corrected chi connectivity index (χ0v) is 42.2. The molecule has 1 aromatic heterocycles. The van der Waals surface area contributed by atoms with Crippen LogP contribution in [0.3, 0.4) is 0 Å². The number of thioether (sulfide) groups is 1. The van der Waals surface area contributed by atoms with E-state index in [1.807, 2.05) is 45.9 Å². The molecule has 8 rings (SSSR count). The van der Waals surface area contributed by atoms with Crippen molar-refractivity contribution in [2.75, 3.05) is 13.1 Å². The second kappa shape index (κ2) is 20.9. The first-order valence-corrected chi connectivity index (χ1v) is 25.0. The largest absolute Gasteiger partial charge is 0.478 e. The summed E-state index contributed by atoms with van der Waals surface area (Å²) in [6.45, 7) is 13.6. The second-order valence-corrected chi connectivity index (χ2v) is 20.5. The summed E-state index contributed by atoms with van der Waals surface area (Å²) in [4.78, 5) is 60.7. The molecule has 4 aliphatic rings. The Bertz CT molecular complexity index is 3270. The van der Waals surface area contributed by atoms with Crippen LogP contribution in [0.4, 0.5) is 11.5 Å². The first-order chi connectivity index (χ1) is 34.0. The number of oxime groups is 1. The molecule has 0 radical (unpaired) electrons. The average molecular weight is 1010 g/mol. The molecule has 4 aromatic rings. The van der Waals surface area contributed by atoms with E-state index in [0.717, 1.165) is 60.4 Å². The summed E-state index contributed by atoms with van der Waals surface area (Å²) in [5, 5.41) is 29.3. The van der Waals surface area contributed by atoms with Crippen molar-refractivity contribution in [3.63, 3.8) is 0 Å². The zero-order valence-electron chi connectivity index (χ0n) is 39.8. The number of aromatic carboxylic acids is 1. The van der Waals surface area contributed by atoms with Gasteiger partial charge in [0.1, 0.15) is 28.4 Å². The molecule has 366 valence electrons. The third-order valence-corrected chi connectivity index (χ3v) is 15.3. The van der Waals surface area contributed by atoms with Crippen LogP contribution in [0.25, 0.3) is 45.2 Å². The number of aryl methyl sites for hydroxylation is 2. The maximum Gasteiger partial charge on any atom is 0.336 e. The van der Waals surface area contributed by atoms with Gasteiger partial charge in [-0.3, -0.25) is 9.59 Å². The van der Waals surface area contributed by atoms with Gasteiger partial charge < -0.3 is 36.1 Å². The van der Waals surface area contributed by atoms with Gasteiger partial charge in [-0.2, -0.15) is 0 Å². The van der Waals surface area contributed by atoms with E-state index in [2.05, 4.69) is 38.9 Å². The smallest absolute Gasteiger partial charge is 0.336 e. The Labute approximate surface area is 425 Å². The molecule has 71 heavy (non-hydrogen) atoms. The summed E-state index contributed by atoms with van der Waals surface area (Å²) in [6, 6.07) is 20.4. The number of nitrogens with two attached hydrogens (primary N) is 2. The van der Waals surface area contributed by atoms with Gasteiger partial charge in [0.2, 0.25) is 5.91 Å². The number of benzene rings is 4. The van der Waals surface area contributed by atoms with E-state index in [1.165, 1.54) is 36.0 Å². The van der Waals surface area contributed by atoms with Crippen molar-refractivity contribution in [1.29, 1.82) is 0 Å². The Hall–Kier alpha value is -6.72. The second-order valence-electron chi connectivity index (χ2n) is 18.2. The van der Waals surface area contributed by atoms with Crippen LogP contribution in [-0.2, 0) is 17.6 Å². The van der Waals surface area contributed by atoms with Gasteiger partial charge in [-0.05, 0) is 132 Å². The first-order valence-electron chi connectivity index (χ1n) is 23.4. The number of hydrogen-bond donors (Lipinski definition) is 5. The number of carboxylic acids is 1. The zero-order chi connectivity index (χ0) is 50.9.